The summed E-state index contributed by atoms with van der Waals surface area (Å²) < 4.78 is 27.5. The van der Waals surface area contributed by atoms with Crippen molar-refractivity contribution < 1.29 is 18.9 Å². The summed E-state index contributed by atoms with van der Waals surface area (Å²) in [6.45, 7) is 15.4. The number of hydrogen-bond donors (Lipinski definition) is 0. The van der Waals surface area contributed by atoms with Gasteiger partial charge in [0, 0.05) is 57.2 Å². The van der Waals surface area contributed by atoms with Gasteiger partial charge in [-0.3, -0.25) is 0 Å². The lowest BCUT2D eigenvalue weighted by atomic mass is 9.29. The van der Waals surface area contributed by atoms with E-state index in [-0.39, 0.29) is 25.6 Å². The summed E-state index contributed by atoms with van der Waals surface area (Å²) in [6.07, 6.45) is 0. The van der Waals surface area contributed by atoms with Crippen molar-refractivity contribution in [3.63, 3.8) is 0 Å². The molecule has 15 rings (SSSR count). The fraction of sp³-hybridized carbons (Fsp3) is 0.129. The van der Waals surface area contributed by atoms with E-state index < -0.39 is 0 Å². The van der Waals surface area contributed by atoms with Crippen molar-refractivity contribution in [2.24, 2.45) is 0 Å². The summed E-state index contributed by atoms with van der Waals surface area (Å²) >= 11 is 0. The molecule has 6 heterocycles. The molecule has 9 aromatic carbocycles. The Bertz CT molecular complexity index is 3600. The number of fused-ring (bicyclic) bond motifs is 12. The van der Waals surface area contributed by atoms with E-state index in [9.17, 15) is 0 Å². The summed E-state index contributed by atoms with van der Waals surface area (Å²) in [6, 6.07) is 58.0. The lowest BCUT2D eigenvalue weighted by Gasteiger charge is -2.46. The number of hydrogen-bond acceptors (Lipinski definition) is 6. The molecular weight excluding hydrogens is 869 g/mol. The fourth-order valence-corrected chi connectivity index (χ4v) is 12.9. The smallest absolute Gasteiger partial charge is 0.260 e. The molecular formula is C62H47B3N2O4. The molecule has 0 bridgehead atoms. The quantitative estimate of drug-likeness (QED) is 0.161. The number of anilines is 6. The highest BCUT2D eigenvalue weighted by Crippen LogP contribution is 2.49. The average molecular weight is 917 g/mol. The van der Waals surface area contributed by atoms with Crippen LogP contribution in [0, 0.1) is 27.7 Å². The van der Waals surface area contributed by atoms with Crippen LogP contribution in [0.15, 0.2) is 158 Å². The first-order valence-corrected chi connectivity index (χ1v) is 24.9. The van der Waals surface area contributed by atoms with Gasteiger partial charge in [0.05, 0.1) is 0 Å². The molecule has 338 valence electrons. The van der Waals surface area contributed by atoms with Crippen LogP contribution in [0.2, 0.25) is 0 Å². The molecule has 9 aromatic rings. The molecule has 6 aliphatic heterocycles. The van der Waals surface area contributed by atoms with E-state index in [0.29, 0.717) is 0 Å². The number of nitrogens with zero attached hydrogens (tertiary/aromatic N) is 2. The van der Waals surface area contributed by atoms with Gasteiger partial charge in [-0.25, -0.2) is 0 Å². The second-order valence-corrected chi connectivity index (χ2v) is 21.6. The Balaban J connectivity index is 1.08. The maximum absolute atomic E-state index is 7.12. The van der Waals surface area contributed by atoms with Gasteiger partial charge in [0.1, 0.15) is 46.0 Å². The molecule has 6 nitrogen and oxygen atoms in total. The Morgan fingerprint density at radius 3 is 1.10 bits per heavy atom. The lowest BCUT2D eigenvalue weighted by Crippen LogP contribution is -2.65. The fourth-order valence-electron chi connectivity index (χ4n) is 12.9. The van der Waals surface area contributed by atoms with Gasteiger partial charge >= 0.3 is 0 Å². The summed E-state index contributed by atoms with van der Waals surface area (Å²) in [4.78, 5) is 5.08. The highest BCUT2D eigenvalue weighted by molar-refractivity contribution is 7.03. The van der Waals surface area contributed by atoms with E-state index in [0.717, 1.165) is 102 Å². The molecule has 0 saturated carbocycles. The Morgan fingerprint density at radius 2 is 0.690 bits per heavy atom. The molecule has 0 amide bonds. The van der Waals surface area contributed by atoms with Gasteiger partial charge in [-0.05, 0) is 172 Å². The van der Waals surface area contributed by atoms with Gasteiger partial charge in [0.25, 0.3) is 20.1 Å². The van der Waals surface area contributed by atoms with Crippen molar-refractivity contribution in [1.29, 1.82) is 0 Å². The standard InChI is InChI=1S/C62H47B3N2O4/c1-34-22-35(2)25-39(24-34)66-47-32-57-45(63-41-14-8-10-16-51(41)68-53-18-12-20-55(70-57)60(53)63)30-43(47)65-44-31-46-58(71-56-21-13-19-54-61(56)64(46)42-15-9-11-17-52(42)69-54)33-48(44)67(40-26-36(3)23-37(4)27-40)50-29-38(62(5,6)7)28-49(66)59(50)65/h8-33H,1-7H3. The van der Waals surface area contributed by atoms with E-state index in [1.165, 1.54) is 55.6 Å². The van der Waals surface area contributed by atoms with Crippen LogP contribution >= 0.6 is 0 Å². The molecule has 0 radical (unpaired) electrons. The Kier molecular flexibility index (Phi) is 8.22. The third kappa shape index (κ3) is 5.80. The van der Waals surface area contributed by atoms with E-state index >= 15 is 0 Å². The molecule has 0 aliphatic carbocycles. The number of rotatable bonds is 2. The zero-order valence-electron chi connectivity index (χ0n) is 40.8. The maximum Gasteiger partial charge on any atom is 0.260 e. The molecule has 0 fully saturated rings. The van der Waals surface area contributed by atoms with Crippen LogP contribution in [0.4, 0.5) is 34.1 Å². The van der Waals surface area contributed by atoms with Gasteiger partial charge in [-0.1, -0.05) is 93.6 Å². The zero-order chi connectivity index (χ0) is 47.8. The number of para-hydroxylation sites is 2. The average Bonchev–Trinajstić information content (AvgIpc) is 3.34. The number of aryl methyl sites for hydroxylation is 4. The normalized spacial score (nSPS) is 14.4. The molecule has 0 aromatic heterocycles. The minimum absolute atomic E-state index is 0.0978. The van der Waals surface area contributed by atoms with Crippen molar-refractivity contribution in [2.45, 2.75) is 53.9 Å². The van der Waals surface area contributed by atoms with Crippen molar-refractivity contribution >= 4 is 103 Å². The molecule has 71 heavy (non-hydrogen) atoms. The summed E-state index contributed by atoms with van der Waals surface area (Å²) in [7, 11) is 0. The van der Waals surface area contributed by atoms with E-state index in [1.807, 2.05) is 12.1 Å². The summed E-state index contributed by atoms with van der Waals surface area (Å²) in [5, 5.41) is 0. The van der Waals surface area contributed by atoms with Gasteiger partial charge in [0.2, 0.25) is 0 Å². The third-order valence-corrected chi connectivity index (χ3v) is 15.7. The third-order valence-electron chi connectivity index (χ3n) is 15.7. The van der Waals surface area contributed by atoms with Gasteiger partial charge in [0.15, 0.2) is 0 Å². The number of benzene rings is 9. The van der Waals surface area contributed by atoms with Crippen LogP contribution in [-0.4, -0.2) is 20.1 Å². The minimum Gasteiger partial charge on any atom is -0.458 e. The highest BCUT2D eigenvalue weighted by atomic mass is 16.5. The first kappa shape index (κ1) is 40.8. The highest BCUT2D eigenvalue weighted by Gasteiger charge is 2.49. The molecule has 0 saturated heterocycles. The van der Waals surface area contributed by atoms with Gasteiger partial charge < -0.3 is 28.7 Å². The molecule has 0 unspecified atom stereocenters. The maximum atomic E-state index is 7.12. The summed E-state index contributed by atoms with van der Waals surface area (Å²) in [5.74, 6) is 6.80. The van der Waals surface area contributed by atoms with E-state index in [1.54, 1.807) is 0 Å². The van der Waals surface area contributed by atoms with Crippen LogP contribution in [0.5, 0.6) is 46.0 Å². The first-order valence-electron chi connectivity index (χ1n) is 24.9. The largest absolute Gasteiger partial charge is 0.458 e. The van der Waals surface area contributed by atoms with Gasteiger partial charge in [-0.2, -0.15) is 0 Å². The zero-order valence-corrected chi connectivity index (χ0v) is 40.8. The monoisotopic (exact) mass is 916 g/mol. The predicted octanol–water partition coefficient (Wildman–Crippen LogP) is 9.76. The van der Waals surface area contributed by atoms with Crippen molar-refractivity contribution in [3.05, 3.63) is 186 Å². The van der Waals surface area contributed by atoms with Crippen LogP contribution in [0.25, 0.3) is 0 Å². The van der Waals surface area contributed by atoms with Crippen molar-refractivity contribution in [2.75, 3.05) is 9.80 Å². The van der Waals surface area contributed by atoms with Crippen LogP contribution < -0.4 is 77.9 Å². The Morgan fingerprint density at radius 1 is 0.324 bits per heavy atom. The van der Waals surface area contributed by atoms with Crippen molar-refractivity contribution in [3.8, 4) is 46.0 Å². The molecule has 0 atom stereocenters. The first-order chi connectivity index (χ1) is 34.4. The second kappa shape index (κ2) is 14.3. The van der Waals surface area contributed by atoms with E-state index in [2.05, 4.69) is 204 Å². The van der Waals surface area contributed by atoms with E-state index in [4.69, 9.17) is 18.9 Å². The Labute approximate surface area is 415 Å². The Hall–Kier alpha value is -8.03. The lowest BCUT2D eigenvalue weighted by molar-refractivity contribution is 0.464. The molecule has 0 spiro atoms. The molecule has 0 N–H and O–H groups in total. The number of ether oxygens (including phenoxy) is 4. The topological polar surface area (TPSA) is 43.4 Å². The predicted molar refractivity (Wildman–Crippen MR) is 293 cm³/mol. The summed E-state index contributed by atoms with van der Waals surface area (Å²) in [5.41, 5.74) is 23.1. The van der Waals surface area contributed by atoms with Crippen LogP contribution in [0.1, 0.15) is 48.6 Å². The SMILES string of the molecule is Cc1cc(C)cc(N2c3cc4c(cc3B3c5cc6c(cc5N(c5cc(C)cc(C)c5)c5cc(C(C)(C)C)cc2c53)Oc2cccc3c2B6c2ccccc2O3)B2c3ccccc3Oc3cccc(c32)O4)c1. The molecule has 6 aliphatic rings. The second-order valence-electron chi connectivity index (χ2n) is 21.6. The van der Waals surface area contributed by atoms with Crippen LogP contribution in [-0.2, 0) is 5.41 Å². The van der Waals surface area contributed by atoms with Crippen molar-refractivity contribution in [1.82, 2.24) is 0 Å². The minimum atomic E-state index is -0.183. The van der Waals surface area contributed by atoms with Crippen LogP contribution in [0.3, 0.4) is 0 Å². The molecule has 9 heteroatoms. The van der Waals surface area contributed by atoms with Gasteiger partial charge in [-0.15, -0.1) is 0 Å².